The molecule has 1 aromatic heterocycles. The Morgan fingerprint density at radius 2 is 1.68 bits per heavy atom. The number of H-pyrrole nitrogens is 1. The predicted octanol–water partition coefficient (Wildman–Crippen LogP) is 2.70. The second-order valence-electron chi connectivity index (χ2n) is 8.71. The number of sulfonamides is 1. The molecule has 0 amide bonds. The van der Waals surface area contributed by atoms with E-state index in [0.717, 1.165) is 12.8 Å². The highest BCUT2D eigenvalue weighted by Gasteiger charge is 2.52. The van der Waals surface area contributed by atoms with Crippen LogP contribution >= 0.6 is 0 Å². The van der Waals surface area contributed by atoms with Crippen LogP contribution in [0.1, 0.15) is 46.1 Å². The summed E-state index contributed by atoms with van der Waals surface area (Å²) in [6, 6.07) is 2.91. The predicted molar refractivity (Wildman–Crippen MR) is 107 cm³/mol. The number of fused-ring (bicyclic) bond motifs is 1. The molecule has 2 aliphatic heterocycles. The van der Waals surface area contributed by atoms with Crippen LogP contribution in [-0.2, 0) is 19.3 Å². The summed E-state index contributed by atoms with van der Waals surface area (Å²) in [6.45, 7) is 10.6. The monoisotopic (exact) mass is 408 g/mol. The maximum absolute atomic E-state index is 14.7. The topological polar surface area (TPSA) is 71.6 Å². The van der Waals surface area contributed by atoms with E-state index >= 15 is 0 Å². The van der Waals surface area contributed by atoms with Crippen molar-refractivity contribution in [1.82, 2.24) is 9.29 Å². The number of aromatic nitrogens is 1. The van der Waals surface area contributed by atoms with Crippen molar-refractivity contribution in [2.45, 2.75) is 63.7 Å². The van der Waals surface area contributed by atoms with Crippen molar-refractivity contribution >= 4 is 33.5 Å². The molecule has 2 aromatic rings. The molecule has 2 saturated heterocycles. The van der Waals surface area contributed by atoms with Gasteiger partial charge in [0.1, 0.15) is 10.8 Å². The average Bonchev–Trinajstić information content (AvgIpc) is 3.27. The van der Waals surface area contributed by atoms with Crippen LogP contribution in [0.2, 0.25) is 0 Å². The summed E-state index contributed by atoms with van der Waals surface area (Å²) >= 11 is 0. The van der Waals surface area contributed by atoms with Gasteiger partial charge in [-0.3, -0.25) is 0 Å². The Balaban J connectivity index is 1.86. The third-order valence-corrected chi connectivity index (χ3v) is 8.08. The molecule has 0 radical (unpaired) electrons. The van der Waals surface area contributed by atoms with Crippen LogP contribution in [-0.4, -0.2) is 49.1 Å². The van der Waals surface area contributed by atoms with E-state index in [1.807, 2.05) is 27.7 Å². The van der Waals surface area contributed by atoms with E-state index in [2.05, 4.69) is 4.98 Å². The zero-order chi connectivity index (χ0) is 20.5. The van der Waals surface area contributed by atoms with Crippen molar-refractivity contribution in [3.05, 3.63) is 23.5 Å². The van der Waals surface area contributed by atoms with Crippen molar-refractivity contribution in [3.8, 4) is 0 Å². The molecule has 9 heteroatoms. The number of hydrogen-bond donors (Lipinski definition) is 1. The number of nitrogens with one attached hydrogen (secondary N) is 1. The highest BCUT2D eigenvalue weighted by atomic mass is 32.2. The smallest absolute Gasteiger partial charge is 0.399 e. The average molecular weight is 408 g/mol. The summed E-state index contributed by atoms with van der Waals surface area (Å²) in [5.74, 6) is -0.490. The van der Waals surface area contributed by atoms with Crippen molar-refractivity contribution in [2.75, 3.05) is 13.1 Å². The molecule has 0 saturated carbocycles. The molecule has 0 aliphatic carbocycles. The van der Waals surface area contributed by atoms with Gasteiger partial charge >= 0.3 is 7.12 Å². The fourth-order valence-electron chi connectivity index (χ4n) is 3.86. The number of halogens is 1. The number of hydrogen-bond acceptors (Lipinski definition) is 4. The van der Waals surface area contributed by atoms with Crippen LogP contribution in [0.3, 0.4) is 0 Å². The fraction of sp³-hybridized carbons (Fsp3) is 0.579. The van der Waals surface area contributed by atoms with Gasteiger partial charge in [-0.05, 0) is 70.6 Å². The van der Waals surface area contributed by atoms with Crippen LogP contribution in [0.4, 0.5) is 4.39 Å². The normalized spacial score (nSPS) is 22.4. The Kier molecular flexibility index (Phi) is 4.47. The Hall–Kier alpha value is -1.42. The molecular weight excluding hydrogens is 382 g/mol. The van der Waals surface area contributed by atoms with Crippen molar-refractivity contribution in [3.63, 3.8) is 0 Å². The third-order valence-electron chi connectivity index (χ3n) is 6.26. The molecule has 0 unspecified atom stereocenters. The van der Waals surface area contributed by atoms with Crippen LogP contribution < -0.4 is 5.46 Å². The van der Waals surface area contributed by atoms with Crippen LogP contribution in [0.5, 0.6) is 0 Å². The highest BCUT2D eigenvalue weighted by Crippen LogP contribution is 2.38. The number of benzene rings is 1. The number of aryl methyl sites for hydroxylation is 1. The first-order valence-corrected chi connectivity index (χ1v) is 11.1. The Morgan fingerprint density at radius 3 is 2.25 bits per heavy atom. The van der Waals surface area contributed by atoms with E-state index in [9.17, 15) is 12.8 Å². The summed E-state index contributed by atoms with van der Waals surface area (Å²) in [4.78, 5) is 2.80. The first-order chi connectivity index (χ1) is 12.9. The summed E-state index contributed by atoms with van der Waals surface area (Å²) < 4.78 is 54.3. The quantitative estimate of drug-likeness (QED) is 0.793. The second-order valence-corrected chi connectivity index (χ2v) is 10.6. The molecule has 28 heavy (non-hydrogen) atoms. The maximum Gasteiger partial charge on any atom is 0.495 e. The Morgan fingerprint density at radius 1 is 1.11 bits per heavy atom. The molecule has 2 aliphatic rings. The van der Waals surface area contributed by atoms with Crippen molar-refractivity contribution in [1.29, 1.82) is 0 Å². The Bertz CT molecular complexity index is 1030. The first-order valence-electron chi connectivity index (χ1n) is 9.61. The number of rotatable bonds is 3. The van der Waals surface area contributed by atoms with Gasteiger partial charge in [0, 0.05) is 18.5 Å². The molecule has 152 valence electrons. The lowest BCUT2D eigenvalue weighted by molar-refractivity contribution is 0.00578. The van der Waals surface area contributed by atoms with E-state index in [-0.39, 0.29) is 10.5 Å². The molecule has 0 bridgehead atoms. The maximum atomic E-state index is 14.7. The van der Waals surface area contributed by atoms with E-state index in [4.69, 9.17) is 9.31 Å². The van der Waals surface area contributed by atoms with Crippen LogP contribution in [0.25, 0.3) is 10.9 Å². The van der Waals surface area contributed by atoms with Gasteiger partial charge in [-0.2, -0.15) is 4.31 Å². The van der Waals surface area contributed by atoms with Gasteiger partial charge in [-0.25, -0.2) is 12.8 Å². The summed E-state index contributed by atoms with van der Waals surface area (Å²) in [6.07, 6.45) is 1.68. The molecular formula is C19H26BFN2O4S. The lowest BCUT2D eigenvalue weighted by Crippen LogP contribution is -2.41. The molecule has 2 fully saturated rings. The SMILES string of the molecule is Cc1cc(F)c2[nH]c(S(=O)(=O)N3CCCC3)cc2c1B1OC(C)(C)C(C)(C)O1. The summed E-state index contributed by atoms with van der Waals surface area (Å²) in [5.41, 5.74) is 0.381. The minimum atomic E-state index is -3.69. The highest BCUT2D eigenvalue weighted by molar-refractivity contribution is 7.89. The third kappa shape index (κ3) is 2.91. The van der Waals surface area contributed by atoms with E-state index in [1.54, 1.807) is 6.92 Å². The molecule has 6 nitrogen and oxygen atoms in total. The lowest BCUT2D eigenvalue weighted by atomic mass is 9.74. The molecule has 0 atom stereocenters. The van der Waals surface area contributed by atoms with Crippen LogP contribution in [0, 0.1) is 12.7 Å². The minimum Gasteiger partial charge on any atom is -0.399 e. The summed E-state index contributed by atoms with van der Waals surface area (Å²) in [5, 5.41) is 0.487. The minimum absolute atomic E-state index is 0.00617. The van der Waals surface area contributed by atoms with Crippen molar-refractivity contribution < 1.29 is 22.1 Å². The molecule has 1 N–H and O–H groups in total. The van der Waals surface area contributed by atoms with Crippen molar-refractivity contribution in [2.24, 2.45) is 0 Å². The first kappa shape index (κ1) is 19.9. The van der Waals surface area contributed by atoms with Gasteiger partial charge in [0.05, 0.1) is 16.7 Å². The van der Waals surface area contributed by atoms with E-state index in [1.165, 1.54) is 16.4 Å². The fourth-order valence-corrected chi connectivity index (χ4v) is 5.38. The Labute approximate surface area is 165 Å². The van der Waals surface area contributed by atoms with Gasteiger partial charge < -0.3 is 14.3 Å². The zero-order valence-electron chi connectivity index (χ0n) is 16.9. The number of nitrogens with zero attached hydrogens (tertiary/aromatic N) is 1. The van der Waals surface area contributed by atoms with Gasteiger partial charge in [-0.1, -0.05) is 0 Å². The van der Waals surface area contributed by atoms with Gasteiger partial charge in [0.15, 0.2) is 0 Å². The van der Waals surface area contributed by atoms with Gasteiger partial charge in [0.25, 0.3) is 10.0 Å². The van der Waals surface area contributed by atoms with E-state index in [0.29, 0.717) is 29.5 Å². The standard InChI is InChI=1S/C19H26BFN2O4S/c1-12-10-14(21)17-13(16(12)20-26-18(2,3)19(4,5)27-20)11-15(22-17)28(24,25)23-8-6-7-9-23/h10-11,22H,6-9H2,1-5H3. The lowest BCUT2D eigenvalue weighted by Gasteiger charge is -2.32. The van der Waals surface area contributed by atoms with Crippen LogP contribution in [0.15, 0.2) is 17.2 Å². The number of aromatic amines is 1. The summed E-state index contributed by atoms with van der Waals surface area (Å²) in [7, 11) is -4.39. The van der Waals surface area contributed by atoms with Gasteiger partial charge in [-0.15, -0.1) is 0 Å². The molecule has 3 heterocycles. The van der Waals surface area contributed by atoms with E-state index < -0.39 is 34.2 Å². The largest absolute Gasteiger partial charge is 0.495 e. The molecule has 4 rings (SSSR count). The van der Waals surface area contributed by atoms with Gasteiger partial charge in [0.2, 0.25) is 0 Å². The second kappa shape index (κ2) is 6.29. The zero-order valence-corrected chi connectivity index (χ0v) is 17.7. The molecule has 1 aromatic carbocycles. The molecule has 0 spiro atoms.